The van der Waals surface area contributed by atoms with Crippen LogP contribution >= 0.6 is 0 Å². The molecule has 0 saturated heterocycles. The Kier molecular flexibility index (Phi) is 4.23. The van der Waals surface area contributed by atoms with E-state index in [0.29, 0.717) is 33.6 Å². The number of benzene rings is 3. The molecule has 0 unspecified atom stereocenters. The van der Waals surface area contributed by atoms with E-state index in [1.807, 2.05) is 44.2 Å². The standard InChI is InChI=1S/C23H20O5/c1-5-12(2)18-11-16(25)21-15(24)10-14-9-13-7-6-8-17(26-3)19(13)22(27-4)20(14)23(21)28-18/h5-11,24H,1-4H3/b12-5+. The summed E-state index contributed by atoms with van der Waals surface area (Å²) < 4.78 is 17.4. The van der Waals surface area contributed by atoms with Gasteiger partial charge in [-0.05, 0) is 48.4 Å². The molecule has 4 rings (SSSR count). The molecule has 5 nitrogen and oxygen atoms in total. The van der Waals surface area contributed by atoms with Crippen LogP contribution in [0.3, 0.4) is 0 Å². The Hall–Kier alpha value is -3.47. The predicted octanol–water partition coefficient (Wildman–Crippen LogP) is 5.25. The van der Waals surface area contributed by atoms with E-state index in [2.05, 4.69) is 0 Å². The van der Waals surface area contributed by atoms with E-state index < -0.39 is 0 Å². The minimum atomic E-state index is -0.306. The molecule has 0 aliphatic carbocycles. The fraction of sp³-hybridized carbons (Fsp3) is 0.174. The van der Waals surface area contributed by atoms with Crippen molar-refractivity contribution in [3.8, 4) is 17.2 Å². The van der Waals surface area contributed by atoms with E-state index >= 15 is 0 Å². The molecular formula is C23H20O5. The molecule has 0 fully saturated rings. The van der Waals surface area contributed by atoms with Gasteiger partial charge in [-0.15, -0.1) is 0 Å². The van der Waals surface area contributed by atoms with Gasteiger partial charge in [0.25, 0.3) is 0 Å². The van der Waals surface area contributed by atoms with Crippen LogP contribution in [-0.2, 0) is 0 Å². The normalized spacial score (nSPS) is 12.1. The second kappa shape index (κ2) is 6.60. The number of hydrogen-bond acceptors (Lipinski definition) is 5. The molecule has 0 radical (unpaired) electrons. The molecule has 0 spiro atoms. The summed E-state index contributed by atoms with van der Waals surface area (Å²) in [6.45, 7) is 3.74. The third kappa shape index (κ3) is 2.51. The Labute approximate surface area is 161 Å². The maximum atomic E-state index is 12.8. The van der Waals surface area contributed by atoms with Crippen LogP contribution in [0, 0.1) is 0 Å². The second-order valence-electron chi connectivity index (χ2n) is 6.61. The molecule has 142 valence electrons. The van der Waals surface area contributed by atoms with Gasteiger partial charge in [-0.1, -0.05) is 18.2 Å². The van der Waals surface area contributed by atoms with Crippen molar-refractivity contribution in [2.24, 2.45) is 0 Å². The van der Waals surface area contributed by atoms with Gasteiger partial charge in [-0.2, -0.15) is 0 Å². The van der Waals surface area contributed by atoms with Gasteiger partial charge in [-0.3, -0.25) is 4.79 Å². The van der Waals surface area contributed by atoms with Crippen molar-refractivity contribution < 1.29 is 19.0 Å². The fourth-order valence-electron chi connectivity index (χ4n) is 3.60. The number of ether oxygens (including phenoxy) is 2. The number of phenols is 1. The molecule has 3 aromatic carbocycles. The molecule has 0 atom stereocenters. The molecule has 1 aromatic heterocycles. The van der Waals surface area contributed by atoms with Crippen LogP contribution in [0.2, 0.25) is 0 Å². The van der Waals surface area contributed by atoms with Gasteiger partial charge in [0, 0.05) is 6.07 Å². The first-order valence-corrected chi connectivity index (χ1v) is 8.90. The third-order valence-corrected chi connectivity index (χ3v) is 5.08. The zero-order valence-corrected chi connectivity index (χ0v) is 16.1. The van der Waals surface area contributed by atoms with Crippen molar-refractivity contribution in [3.63, 3.8) is 0 Å². The first-order valence-electron chi connectivity index (χ1n) is 8.90. The van der Waals surface area contributed by atoms with Gasteiger partial charge in [0.15, 0.2) is 11.0 Å². The van der Waals surface area contributed by atoms with E-state index in [9.17, 15) is 9.90 Å². The highest BCUT2D eigenvalue weighted by atomic mass is 16.5. The highest BCUT2D eigenvalue weighted by Gasteiger charge is 2.20. The van der Waals surface area contributed by atoms with Crippen LogP contribution in [0.5, 0.6) is 17.2 Å². The molecule has 0 saturated carbocycles. The topological polar surface area (TPSA) is 68.9 Å². The van der Waals surface area contributed by atoms with Crippen molar-refractivity contribution in [2.75, 3.05) is 14.2 Å². The smallest absolute Gasteiger partial charge is 0.197 e. The zero-order valence-electron chi connectivity index (χ0n) is 16.1. The van der Waals surface area contributed by atoms with Crippen LogP contribution in [0.4, 0.5) is 0 Å². The van der Waals surface area contributed by atoms with Gasteiger partial charge in [-0.25, -0.2) is 0 Å². The van der Waals surface area contributed by atoms with Crippen molar-refractivity contribution >= 4 is 38.1 Å². The van der Waals surface area contributed by atoms with Gasteiger partial charge >= 0.3 is 0 Å². The van der Waals surface area contributed by atoms with Gasteiger partial charge < -0.3 is 19.0 Å². The Bertz CT molecular complexity index is 1330. The number of allylic oxidation sites excluding steroid dienone is 2. The number of methoxy groups -OCH3 is 2. The van der Waals surface area contributed by atoms with Crippen molar-refractivity contribution in [1.82, 2.24) is 0 Å². The highest BCUT2D eigenvalue weighted by Crippen LogP contribution is 2.44. The van der Waals surface area contributed by atoms with Crippen molar-refractivity contribution in [2.45, 2.75) is 13.8 Å². The van der Waals surface area contributed by atoms with Crippen molar-refractivity contribution in [3.05, 3.63) is 58.5 Å². The van der Waals surface area contributed by atoms with E-state index in [0.717, 1.165) is 16.3 Å². The minimum absolute atomic E-state index is 0.120. The maximum absolute atomic E-state index is 12.8. The van der Waals surface area contributed by atoms with Gasteiger partial charge in [0.1, 0.15) is 28.4 Å². The summed E-state index contributed by atoms with van der Waals surface area (Å²) in [6.07, 6.45) is 1.87. The quantitative estimate of drug-likeness (QED) is 0.391. The molecule has 28 heavy (non-hydrogen) atoms. The lowest BCUT2D eigenvalue weighted by atomic mass is 9.98. The molecule has 0 amide bonds. The summed E-state index contributed by atoms with van der Waals surface area (Å²) >= 11 is 0. The number of rotatable bonds is 3. The van der Waals surface area contributed by atoms with Crippen LogP contribution in [-0.4, -0.2) is 19.3 Å². The summed E-state index contributed by atoms with van der Waals surface area (Å²) in [7, 11) is 3.17. The third-order valence-electron chi connectivity index (χ3n) is 5.08. The van der Waals surface area contributed by atoms with Crippen LogP contribution in [0.1, 0.15) is 19.6 Å². The summed E-state index contributed by atoms with van der Waals surface area (Å²) in [5.74, 6) is 1.52. The average Bonchev–Trinajstić information content (AvgIpc) is 2.70. The SMILES string of the molecule is C/C=C(\C)c1cc(=O)c2c(O)cc3cc4cccc(OC)c4c(OC)c3c2o1. The Balaban J connectivity index is 2.33. The van der Waals surface area contributed by atoms with Crippen LogP contribution < -0.4 is 14.9 Å². The molecule has 5 heteroatoms. The van der Waals surface area contributed by atoms with E-state index in [4.69, 9.17) is 13.9 Å². The molecule has 1 N–H and O–H groups in total. The predicted molar refractivity (Wildman–Crippen MR) is 112 cm³/mol. The van der Waals surface area contributed by atoms with Gasteiger partial charge in [0.05, 0.1) is 25.0 Å². The molecular weight excluding hydrogens is 356 g/mol. The molecule has 0 aliphatic rings. The lowest BCUT2D eigenvalue weighted by Crippen LogP contribution is -2.03. The van der Waals surface area contributed by atoms with Crippen LogP contribution in [0.25, 0.3) is 38.1 Å². The van der Waals surface area contributed by atoms with Crippen molar-refractivity contribution in [1.29, 1.82) is 0 Å². The first kappa shape index (κ1) is 17.9. The molecule has 0 aliphatic heterocycles. The van der Waals surface area contributed by atoms with Crippen LogP contribution in [0.15, 0.2) is 51.7 Å². The lowest BCUT2D eigenvalue weighted by molar-refractivity contribution is 0.407. The summed E-state index contributed by atoms with van der Waals surface area (Å²) in [5, 5.41) is 13.7. The maximum Gasteiger partial charge on any atom is 0.197 e. The number of phenolic OH excluding ortho intramolecular Hbond substituents is 1. The first-order chi connectivity index (χ1) is 13.5. The molecule has 4 aromatic rings. The number of fused-ring (bicyclic) bond motifs is 4. The van der Waals surface area contributed by atoms with E-state index in [1.165, 1.54) is 6.07 Å². The number of aromatic hydroxyl groups is 1. The minimum Gasteiger partial charge on any atom is -0.507 e. The summed E-state index contributed by atoms with van der Waals surface area (Å²) in [5.41, 5.74) is 0.815. The Morgan fingerprint density at radius 1 is 1.04 bits per heavy atom. The largest absolute Gasteiger partial charge is 0.507 e. The van der Waals surface area contributed by atoms with E-state index in [1.54, 1.807) is 20.3 Å². The average molecular weight is 376 g/mol. The highest BCUT2D eigenvalue weighted by molar-refractivity contribution is 6.17. The zero-order chi connectivity index (χ0) is 20.0. The summed E-state index contributed by atoms with van der Waals surface area (Å²) in [6, 6.07) is 10.6. The van der Waals surface area contributed by atoms with Gasteiger partial charge in [0.2, 0.25) is 0 Å². The summed E-state index contributed by atoms with van der Waals surface area (Å²) in [4.78, 5) is 12.8. The molecule has 0 bridgehead atoms. The monoisotopic (exact) mass is 376 g/mol. The fourth-order valence-corrected chi connectivity index (χ4v) is 3.60. The molecule has 1 heterocycles. The second-order valence-corrected chi connectivity index (χ2v) is 6.61. The Morgan fingerprint density at radius 2 is 1.82 bits per heavy atom. The lowest BCUT2D eigenvalue weighted by Gasteiger charge is -2.15. The number of hydrogen-bond donors (Lipinski definition) is 1. The Morgan fingerprint density at radius 3 is 2.50 bits per heavy atom. The van der Waals surface area contributed by atoms with E-state index in [-0.39, 0.29) is 16.6 Å².